The van der Waals surface area contributed by atoms with Gasteiger partial charge in [-0.25, -0.2) is 0 Å². The van der Waals surface area contributed by atoms with Crippen LogP contribution < -0.4 is 5.32 Å². The minimum atomic E-state index is 0.336. The molecule has 1 aliphatic rings. The molecule has 0 aromatic carbocycles. The van der Waals surface area contributed by atoms with E-state index in [2.05, 4.69) is 5.32 Å². The van der Waals surface area contributed by atoms with Crippen molar-refractivity contribution in [1.82, 2.24) is 5.32 Å². The van der Waals surface area contributed by atoms with Crippen molar-refractivity contribution in [3.8, 4) is 0 Å². The van der Waals surface area contributed by atoms with Crippen molar-refractivity contribution in [2.45, 2.75) is 31.7 Å². The fourth-order valence-electron chi connectivity index (χ4n) is 1.22. The third-order valence-electron chi connectivity index (χ3n) is 2.23. The number of thioether (sulfide) groups is 1. The maximum Gasteiger partial charge on any atom is 0.0438 e. The van der Waals surface area contributed by atoms with Crippen molar-refractivity contribution >= 4 is 11.8 Å². The highest BCUT2D eigenvalue weighted by atomic mass is 32.2. The molecule has 0 spiro atoms. The molecule has 0 amide bonds. The topological polar surface area (TPSA) is 32.3 Å². The van der Waals surface area contributed by atoms with Crippen molar-refractivity contribution in [3.63, 3.8) is 0 Å². The Morgan fingerprint density at radius 3 is 2.75 bits per heavy atom. The molecular formula is C9H19NOS. The lowest BCUT2D eigenvalue weighted by Crippen LogP contribution is -2.36. The Balaban J connectivity index is 1.70. The highest BCUT2D eigenvalue weighted by Gasteiger charge is 2.15. The first kappa shape index (κ1) is 10.4. The largest absolute Gasteiger partial charge is 0.396 e. The summed E-state index contributed by atoms with van der Waals surface area (Å²) in [5, 5.41) is 12.0. The Kier molecular flexibility index (Phi) is 5.82. The van der Waals surface area contributed by atoms with Gasteiger partial charge in [0.15, 0.2) is 0 Å². The van der Waals surface area contributed by atoms with Crippen LogP contribution in [-0.4, -0.2) is 35.8 Å². The van der Waals surface area contributed by atoms with Crippen LogP contribution in [-0.2, 0) is 0 Å². The van der Waals surface area contributed by atoms with Gasteiger partial charge in [0, 0.05) is 24.9 Å². The van der Waals surface area contributed by atoms with Gasteiger partial charge in [0.25, 0.3) is 0 Å². The third kappa shape index (κ3) is 4.33. The van der Waals surface area contributed by atoms with Crippen molar-refractivity contribution < 1.29 is 5.11 Å². The zero-order valence-corrected chi connectivity index (χ0v) is 8.41. The van der Waals surface area contributed by atoms with Crippen molar-refractivity contribution in [1.29, 1.82) is 0 Å². The van der Waals surface area contributed by atoms with E-state index in [0.29, 0.717) is 6.61 Å². The summed E-state index contributed by atoms with van der Waals surface area (Å²) in [7, 11) is 0. The SMILES string of the molecule is OCCCSCCNC1CCC1. The van der Waals surface area contributed by atoms with E-state index in [9.17, 15) is 0 Å². The van der Waals surface area contributed by atoms with E-state index in [1.54, 1.807) is 0 Å². The number of hydrogen-bond acceptors (Lipinski definition) is 3. The van der Waals surface area contributed by atoms with Gasteiger partial charge < -0.3 is 10.4 Å². The van der Waals surface area contributed by atoms with Gasteiger partial charge >= 0.3 is 0 Å². The molecule has 2 nitrogen and oxygen atoms in total. The summed E-state index contributed by atoms with van der Waals surface area (Å²) < 4.78 is 0. The molecule has 3 heteroatoms. The average Bonchev–Trinajstić information content (AvgIpc) is 2.00. The summed E-state index contributed by atoms with van der Waals surface area (Å²) in [6.07, 6.45) is 5.10. The molecule has 0 unspecified atom stereocenters. The monoisotopic (exact) mass is 189 g/mol. The van der Waals surface area contributed by atoms with Crippen LogP contribution in [0.3, 0.4) is 0 Å². The van der Waals surface area contributed by atoms with Crippen LogP contribution in [0.25, 0.3) is 0 Å². The molecule has 2 N–H and O–H groups in total. The molecule has 1 rings (SSSR count). The van der Waals surface area contributed by atoms with Gasteiger partial charge in [0.2, 0.25) is 0 Å². The van der Waals surface area contributed by atoms with Gasteiger partial charge in [-0.05, 0) is 25.0 Å². The number of aliphatic hydroxyl groups is 1. The van der Waals surface area contributed by atoms with E-state index in [1.165, 1.54) is 25.0 Å². The average molecular weight is 189 g/mol. The molecular weight excluding hydrogens is 170 g/mol. The van der Waals surface area contributed by atoms with Crippen LogP contribution >= 0.6 is 11.8 Å². The molecule has 0 aromatic rings. The highest BCUT2D eigenvalue weighted by molar-refractivity contribution is 7.99. The van der Waals surface area contributed by atoms with Gasteiger partial charge in [0.05, 0.1) is 0 Å². The van der Waals surface area contributed by atoms with Gasteiger partial charge in [0.1, 0.15) is 0 Å². The zero-order valence-electron chi connectivity index (χ0n) is 7.59. The summed E-state index contributed by atoms with van der Waals surface area (Å²) in [5.41, 5.74) is 0. The van der Waals surface area contributed by atoms with Crippen molar-refractivity contribution in [3.05, 3.63) is 0 Å². The Morgan fingerprint density at radius 1 is 1.33 bits per heavy atom. The first-order chi connectivity index (χ1) is 5.93. The molecule has 0 saturated heterocycles. The zero-order chi connectivity index (χ0) is 8.65. The lowest BCUT2D eigenvalue weighted by atomic mass is 9.93. The summed E-state index contributed by atoms with van der Waals surface area (Å²) in [6.45, 7) is 1.48. The van der Waals surface area contributed by atoms with E-state index >= 15 is 0 Å². The third-order valence-corrected chi connectivity index (χ3v) is 3.30. The summed E-state index contributed by atoms with van der Waals surface area (Å²) >= 11 is 1.93. The Hall–Kier alpha value is 0.270. The van der Waals surface area contributed by atoms with Gasteiger partial charge in [-0.2, -0.15) is 11.8 Å². The standard InChI is InChI=1S/C9H19NOS/c11-6-2-7-12-8-5-10-9-3-1-4-9/h9-11H,1-8H2. The second-order valence-electron chi connectivity index (χ2n) is 3.27. The second-order valence-corrected chi connectivity index (χ2v) is 4.50. The van der Waals surface area contributed by atoms with Crippen LogP contribution in [0.2, 0.25) is 0 Å². The Labute approximate surface area is 79.1 Å². The maximum absolute atomic E-state index is 8.53. The molecule has 0 heterocycles. The van der Waals surface area contributed by atoms with Crippen LogP contribution in [0.15, 0.2) is 0 Å². The molecule has 12 heavy (non-hydrogen) atoms. The lowest BCUT2D eigenvalue weighted by Gasteiger charge is -2.26. The molecule has 0 radical (unpaired) electrons. The Morgan fingerprint density at radius 2 is 2.17 bits per heavy atom. The molecule has 0 atom stereocenters. The number of hydrogen-bond donors (Lipinski definition) is 2. The quantitative estimate of drug-likeness (QED) is 0.591. The van der Waals surface area contributed by atoms with Crippen LogP contribution in [0.4, 0.5) is 0 Å². The first-order valence-electron chi connectivity index (χ1n) is 4.85. The lowest BCUT2D eigenvalue weighted by molar-refractivity contribution is 0.296. The van der Waals surface area contributed by atoms with Crippen LogP contribution in [0.5, 0.6) is 0 Å². The first-order valence-corrected chi connectivity index (χ1v) is 6.01. The van der Waals surface area contributed by atoms with Crippen LogP contribution in [0.1, 0.15) is 25.7 Å². The summed E-state index contributed by atoms with van der Waals surface area (Å²) in [5.74, 6) is 2.29. The molecule has 0 aliphatic heterocycles. The molecule has 0 bridgehead atoms. The molecule has 0 aromatic heterocycles. The van der Waals surface area contributed by atoms with Crippen LogP contribution in [0, 0.1) is 0 Å². The molecule has 72 valence electrons. The summed E-state index contributed by atoms with van der Waals surface area (Å²) in [6, 6.07) is 0.823. The minimum Gasteiger partial charge on any atom is -0.396 e. The molecule has 1 aliphatic carbocycles. The number of rotatable bonds is 7. The maximum atomic E-state index is 8.53. The Bertz CT molecular complexity index is 107. The molecule has 1 saturated carbocycles. The summed E-state index contributed by atoms with van der Waals surface area (Å²) in [4.78, 5) is 0. The minimum absolute atomic E-state index is 0.336. The van der Waals surface area contributed by atoms with E-state index < -0.39 is 0 Å². The normalized spacial score (nSPS) is 17.8. The van der Waals surface area contributed by atoms with Crippen molar-refractivity contribution in [2.75, 3.05) is 24.7 Å². The van der Waals surface area contributed by atoms with E-state index in [0.717, 1.165) is 24.8 Å². The predicted molar refractivity (Wildman–Crippen MR) is 54.7 cm³/mol. The van der Waals surface area contributed by atoms with Gasteiger partial charge in [-0.1, -0.05) is 6.42 Å². The van der Waals surface area contributed by atoms with E-state index in [4.69, 9.17) is 5.11 Å². The fraction of sp³-hybridized carbons (Fsp3) is 1.00. The van der Waals surface area contributed by atoms with Gasteiger partial charge in [-0.15, -0.1) is 0 Å². The fourth-order valence-corrected chi connectivity index (χ4v) is 2.02. The highest BCUT2D eigenvalue weighted by Crippen LogP contribution is 2.17. The number of nitrogens with one attached hydrogen (secondary N) is 1. The van der Waals surface area contributed by atoms with Gasteiger partial charge in [-0.3, -0.25) is 0 Å². The number of aliphatic hydroxyl groups excluding tert-OH is 1. The van der Waals surface area contributed by atoms with E-state index in [-0.39, 0.29) is 0 Å². The predicted octanol–water partition coefficient (Wildman–Crippen LogP) is 1.24. The second kappa shape index (κ2) is 6.75. The van der Waals surface area contributed by atoms with E-state index in [1.807, 2.05) is 11.8 Å². The smallest absolute Gasteiger partial charge is 0.0438 e. The van der Waals surface area contributed by atoms with Crippen molar-refractivity contribution in [2.24, 2.45) is 0 Å². The molecule has 1 fully saturated rings.